The van der Waals surface area contributed by atoms with Gasteiger partial charge in [0.2, 0.25) is 0 Å². The molecule has 0 atom stereocenters. The molecule has 0 aliphatic heterocycles. The Morgan fingerprint density at radius 2 is 0.833 bits per heavy atom. The van der Waals surface area contributed by atoms with Gasteiger partial charge in [0, 0.05) is 23.2 Å². The number of hydrogen-bond donors (Lipinski definition) is 0. The van der Waals surface area contributed by atoms with Crippen LogP contribution in [0.25, 0.3) is 32.7 Å². The van der Waals surface area contributed by atoms with Crippen LogP contribution >= 0.6 is 0 Å². The Kier molecular flexibility index (Phi) is 5.83. The van der Waals surface area contributed by atoms with Crippen LogP contribution < -0.4 is 0 Å². The molecule has 36 heavy (non-hydrogen) atoms. The van der Waals surface area contributed by atoms with E-state index in [-0.39, 0.29) is 0 Å². The minimum absolute atomic E-state index is 0.832. The van der Waals surface area contributed by atoms with Crippen molar-refractivity contribution >= 4 is 45.3 Å². The molecule has 4 heteroatoms. The molecule has 0 saturated heterocycles. The maximum atomic E-state index is 4.76. The predicted molar refractivity (Wildman–Crippen MR) is 150 cm³/mol. The van der Waals surface area contributed by atoms with Crippen LogP contribution in [0.15, 0.2) is 132 Å². The average molecular weight is 463 g/mol. The summed E-state index contributed by atoms with van der Waals surface area (Å²) in [5.74, 6) is 0. The van der Waals surface area contributed by atoms with Crippen molar-refractivity contribution < 1.29 is 0 Å². The molecular weight excluding hydrogens is 440 g/mol. The number of pyridine rings is 2. The number of aromatic nitrogens is 2. The number of fused-ring (bicyclic) bond motifs is 2. The first-order chi connectivity index (χ1) is 17.9. The van der Waals surface area contributed by atoms with Crippen LogP contribution in [-0.4, -0.2) is 22.4 Å². The molecule has 6 aromatic rings. The van der Waals surface area contributed by atoms with E-state index in [2.05, 4.69) is 82.8 Å². The van der Waals surface area contributed by atoms with Gasteiger partial charge in [0.05, 0.1) is 35.2 Å². The van der Waals surface area contributed by atoms with Gasteiger partial charge in [0.25, 0.3) is 0 Å². The van der Waals surface area contributed by atoms with E-state index in [1.807, 2.05) is 48.8 Å². The zero-order chi connectivity index (χ0) is 24.2. The molecule has 4 nitrogen and oxygen atoms in total. The van der Waals surface area contributed by atoms with Crippen molar-refractivity contribution in [2.75, 3.05) is 0 Å². The van der Waals surface area contributed by atoms with E-state index in [4.69, 9.17) is 9.98 Å². The van der Waals surface area contributed by atoms with Gasteiger partial charge >= 0.3 is 0 Å². The van der Waals surface area contributed by atoms with Crippen molar-refractivity contribution in [2.45, 2.75) is 0 Å². The van der Waals surface area contributed by atoms with Gasteiger partial charge in [-0.05, 0) is 58.3 Å². The lowest BCUT2D eigenvalue weighted by molar-refractivity contribution is 1.30. The summed E-state index contributed by atoms with van der Waals surface area (Å²) in [6, 6.07) is 36.9. The lowest BCUT2D eigenvalue weighted by Crippen LogP contribution is -1.88. The minimum atomic E-state index is 0.832. The van der Waals surface area contributed by atoms with Crippen molar-refractivity contribution in [2.24, 2.45) is 9.98 Å². The Labute approximate surface area is 209 Å². The molecule has 0 radical (unpaired) electrons. The SMILES string of the molecule is C(=Nc1ccc(-c2ccc(N=Cc3ccccn3)c3ccccc23)c2ccccc12)c1ccccn1. The molecule has 0 fully saturated rings. The smallest absolute Gasteiger partial charge is 0.0812 e. The quantitative estimate of drug-likeness (QED) is 0.244. The number of benzene rings is 4. The summed E-state index contributed by atoms with van der Waals surface area (Å²) < 4.78 is 0. The van der Waals surface area contributed by atoms with Gasteiger partial charge in [-0.25, -0.2) is 0 Å². The molecule has 0 unspecified atom stereocenters. The highest BCUT2D eigenvalue weighted by molar-refractivity contribution is 6.11. The summed E-state index contributed by atoms with van der Waals surface area (Å²) in [4.78, 5) is 18.2. The third-order valence-corrected chi connectivity index (χ3v) is 6.14. The van der Waals surface area contributed by atoms with Crippen LogP contribution in [0.2, 0.25) is 0 Å². The third-order valence-electron chi connectivity index (χ3n) is 6.14. The predicted octanol–water partition coefficient (Wildman–Crippen LogP) is 7.95. The first-order valence-electron chi connectivity index (χ1n) is 11.8. The highest BCUT2D eigenvalue weighted by Crippen LogP contribution is 2.40. The van der Waals surface area contributed by atoms with E-state index < -0.39 is 0 Å². The second-order valence-corrected chi connectivity index (χ2v) is 8.38. The molecule has 0 spiro atoms. The molecule has 6 rings (SSSR count). The molecule has 4 aromatic carbocycles. The number of aliphatic imine (C=N–C) groups is 2. The van der Waals surface area contributed by atoms with Crippen LogP contribution in [0.4, 0.5) is 11.4 Å². The maximum absolute atomic E-state index is 4.76. The van der Waals surface area contributed by atoms with Crippen LogP contribution in [0.5, 0.6) is 0 Å². The van der Waals surface area contributed by atoms with E-state index in [1.54, 1.807) is 12.4 Å². The van der Waals surface area contributed by atoms with Crippen LogP contribution in [0, 0.1) is 0 Å². The molecule has 0 N–H and O–H groups in total. The molecule has 0 aliphatic rings. The van der Waals surface area contributed by atoms with E-state index >= 15 is 0 Å². The van der Waals surface area contributed by atoms with Crippen LogP contribution in [0.3, 0.4) is 0 Å². The molecule has 0 amide bonds. The average Bonchev–Trinajstić information content (AvgIpc) is 2.96. The zero-order valence-electron chi connectivity index (χ0n) is 19.5. The van der Waals surface area contributed by atoms with Crippen molar-refractivity contribution in [1.29, 1.82) is 0 Å². The second kappa shape index (κ2) is 9.72. The zero-order valence-corrected chi connectivity index (χ0v) is 19.5. The highest BCUT2D eigenvalue weighted by Gasteiger charge is 2.12. The van der Waals surface area contributed by atoms with Crippen LogP contribution in [0.1, 0.15) is 11.4 Å². The molecule has 170 valence electrons. The maximum Gasteiger partial charge on any atom is 0.0812 e. The summed E-state index contributed by atoms with van der Waals surface area (Å²) >= 11 is 0. The van der Waals surface area contributed by atoms with Crippen molar-refractivity contribution in [3.8, 4) is 11.1 Å². The van der Waals surface area contributed by atoms with Crippen molar-refractivity contribution in [1.82, 2.24) is 9.97 Å². The summed E-state index contributed by atoms with van der Waals surface area (Å²) in [5, 5.41) is 4.51. The fourth-order valence-electron chi connectivity index (χ4n) is 4.44. The van der Waals surface area contributed by atoms with Crippen molar-refractivity contribution in [3.63, 3.8) is 0 Å². The normalized spacial score (nSPS) is 11.7. The molecular formula is C32H22N4. The monoisotopic (exact) mass is 462 g/mol. The van der Waals surface area contributed by atoms with Gasteiger partial charge in [-0.3, -0.25) is 20.0 Å². The van der Waals surface area contributed by atoms with Gasteiger partial charge in [-0.1, -0.05) is 72.8 Å². The fourth-order valence-corrected chi connectivity index (χ4v) is 4.44. The Balaban J connectivity index is 1.46. The highest BCUT2D eigenvalue weighted by atomic mass is 14.8. The van der Waals surface area contributed by atoms with E-state index in [9.17, 15) is 0 Å². The van der Waals surface area contributed by atoms with Gasteiger partial charge in [0.1, 0.15) is 0 Å². The van der Waals surface area contributed by atoms with Gasteiger partial charge in [-0.15, -0.1) is 0 Å². The molecule has 2 aromatic heterocycles. The van der Waals surface area contributed by atoms with Gasteiger partial charge < -0.3 is 0 Å². The molecule has 0 bridgehead atoms. The Hall–Kier alpha value is -4.96. The van der Waals surface area contributed by atoms with E-state index in [0.717, 1.165) is 44.3 Å². The largest absolute Gasteiger partial charge is 0.255 e. The number of hydrogen-bond acceptors (Lipinski definition) is 4. The molecule has 2 heterocycles. The summed E-state index contributed by atoms with van der Waals surface area (Å²) in [6.45, 7) is 0. The van der Waals surface area contributed by atoms with Gasteiger partial charge in [-0.2, -0.15) is 0 Å². The molecule has 0 aliphatic carbocycles. The van der Waals surface area contributed by atoms with E-state index in [1.165, 1.54) is 11.1 Å². The Morgan fingerprint density at radius 3 is 1.25 bits per heavy atom. The van der Waals surface area contributed by atoms with Crippen molar-refractivity contribution in [3.05, 3.63) is 133 Å². The fraction of sp³-hybridized carbons (Fsp3) is 0. The number of rotatable bonds is 5. The third kappa shape index (κ3) is 4.28. The standard InChI is InChI=1S/C32H22N4/c1-3-13-29-25(11-1)27(15-17-31(29)35-21-23-9-5-7-19-33-23)28-16-18-32(30-14-4-2-12-26(28)30)36-22-24-10-6-8-20-34-24/h1-22H. The summed E-state index contributed by atoms with van der Waals surface area (Å²) in [7, 11) is 0. The van der Waals surface area contributed by atoms with E-state index in [0.29, 0.717) is 0 Å². The molecule has 0 saturated carbocycles. The first-order valence-corrected chi connectivity index (χ1v) is 11.8. The minimum Gasteiger partial charge on any atom is -0.255 e. The van der Waals surface area contributed by atoms with Crippen LogP contribution in [-0.2, 0) is 0 Å². The Bertz CT molecular complexity index is 1590. The first kappa shape index (κ1) is 21.6. The summed E-state index contributed by atoms with van der Waals surface area (Å²) in [5.41, 5.74) is 5.83. The lowest BCUT2D eigenvalue weighted by atomic mass is 9.93. The topological polar surface area (TPSA) is 50.5 Å². The Morgan fingerprint density at radius 1 is 0.417 bits per heavy atom. The van der Waals surface area contributed by atoms with Gasteiger partial charge in [0.15, 0.2) is 0 Å². The number of nitrogens with zero attached hydrogens (tertiary/aromatic N) is 4. The lowest BCUT2D eigenvalue weighted by Gasteiger charge is -2.13. The second-order valence-electron chi connectivity index (χ2n) is 8.38. The summed E-state index contributed by atoms with van der Waals surface area (Å²) in [6.07, 6.45) is 7.17.